The Kier molecular flexibility index (Phi) is 27.8. The predicted octanol–water partition coefficient (Wildman–Crippen LogP) is 6.34. The predicted molar refractivity (Wildman–Crippen MR) is 265 cm³/mol. The lowest BCUT2D eigenvalue weighted by molar-refractivity contribution is -0.137. The van der Waals surface area contributed by atoms with Gasteiger partial charge in [0.25, 0.3) is 0 Å². The van der Waals surface area contributed by atoms with Crippen LogP contribution in [0.4, 0.5) is 5.82 Å². The van der Waals surface area contributed by atoms with Gasteiger partial charge in [0.15, 0.2) is 22.8 Å². The van der Waals surface area contributed by atoms with Gasteiger partial charge in [0, 0.05) is 37.1 Å². The van der Waals surface area contributed by atoms with Crippen LogP contribution in [0.5, 0.6) is 0 Å². The highest BCUT2D eigenvalue weighted by molar-refractivity contribution is 8.13. The number of amides is 2. The first kappa shape index (κ1) is 62.9. The van der Waals surface area contributed by atoms with Crippen LogP contribution in [0.3, 0.4) is 0 Å². The van der Waals surface area contributed by atoms with Crippen molar-refractivity contribution in [3.63, 3.8) is 0 Å². The van der Waals surface area contributed by atoms with E-state index >= 15 is 0 Å². The summed E-state index contributed by atoms with van der Waals surface area (Å²) in [5.74, 6) is -0.443. The summed E-state index contributed by atoms with van der Waals surface area (Å²) in [7, 11) is -16.4. The molecule has 0 aliphatic carbocycles. The summed E-state index contributed by atoms with van der Waals surface area (Å²) < 4.78 is 62.5. The number of hydrogen-bond acceptors (Lipinski definition) is 18. The van der Waals surface area contributed by atoms with Gasteiger partial charge in [0.05, 0.1) is 19.5 Å². The lowest BCUT2D eigenvalue weighted by Gasteiger charge is -2.30. The number of carbonyl (C=O) groups excluding carboxylic acids is 3. The second-order valence-corrected chi connectivity index (χ2v) is 24.1. The van der Waals surface area contributed by atoms with E-state index in [0.717, 1.165) is 41.8 Å². The van der Waals surface area contributed by atoms with E-state index in [-0.39, 0.29) is 41.6 Å². The average molecular weight is 1090 g/mol. The third kappa shape index (κ3) is 24.2. The number of carbonyl (C=O) groups is 3. The first-order valence-electron chi connectivity index (χ1n) is 24.5. The third-order valence-corrected chi connectivity index (χ3v) is 15.9. The van der Waals surface area contributed by atoms with Crippen LogP contribution in [0.25, 0.3) is 11.2 Å². The topological polar surface area (TPSA) is 364 Å². The molecule has 71 heavy (non-hydrogen) atoms. The van der Waals surface area contributed by atoms with Crippen molar-refractivity contribution in [3.05, 3.63) is 12.7 Å². The number of hydrogen-bond donors (Lipinski definition) is 9. The Morgan fingerprint density at radius 2 is 1.44 bits per heavy atom. The zero-order chi connectivity index (χ0) is 52.7. The number of phosphoric ester groups is 3. The number of phosphoric acid groups is 3. The van der Waals surface area contributed by atoms with E-state index < -0.39 is 84.6 Å². The van der Waals surface area contributed by atoms with Crippen molar-refractivity contribution in [2.75, 3.05) is 37.8 Å². The molecule has 1 aliphatic heterocycles. The Labute approximate surface area is 420 Å². The number of imidazole rings is 1. The molecular weight excluding hydrogens is 1010 g/mol. The molecule has 10 N–H and O–H groups in total. The summed E-state index contributed by atoms with van der Waals surface area (Å²) in [5.41, 5.74) is 4.29. The molecule has 2 aromatic heterocycles. The highest BCUT2D eigenvalue weighted by Crippen LogP contribution is 2.61. The zero-order valence-electron chi connectivity index (χ0n) is 41.4. The minimum atomic E-state index is -5.58. The zero-order valence-corrected chi connectivity index (χ0v) is 44.9. The number of nitrogens with zero attached hydrogens (tertiary/aromatic N) is 4. The molecule has 1 saturated heterocycles. The average Bonchev–Trinajstić information content (AvgIpc) is 3.86. The number of nitrogens with two attached hydrogens (primary N) is 1. The number of nitrogens with one attached hydrogen (secondary N) is 2. The maximum Gasteiger partial charge on any atom is 0.481 e. The van der Waals surface area contributed by atoms with Gasteiger partial charge < -0.3 is 50.9 Å². The molecule has 1 aliphatic rings. The molecule has 2 aromatic rings. The van der Waals surface area contributed by atoms with Gasteiger partial charge >= 0.3 is 23.5 Å². The molecule has 0 aromatic carbocycles. The van der Waals surface area contributed by atoms with Crippen molar-refractivity contribution in [3.8, 4) is 0 Å². The highest BCUT2D eigenvalue weighted by atomic mass is 32.2. The van der Waals surface area contributed by atoms with E-state index in [0.29, 0.717) is 18.1 Å². The molecule has 0 saturated carbocycles. The maximum absolute atomic E-state index is 12.8. The van der Waals surface area contributed by atoms with Crippen LogP contribution >= 0.6 is 35.2 Å². The summed E-state index contributed by atoms with van der Waals surface area (Å²) in [5, 5.41) is 26.7. The van der Waals surface area contributed by atoms with Gasteiger partial charge in [-0.1, -0.05) is 142 Å². The van der Waals surface area contributed by atoms with Crippen LogP contribution in [-0.4, -0.2) is 123 Å². The lowest BCUT2D eigenvalue weighted by atomic mass is 9.87. The molecule has 0 bridgehead atoms. The fraction of sp³-hybridized carbons (Fsp3) is 0.814. The Hall–Kier alpha value is -2.44. The second kappa shape index (κ2) is 31.4. The number of fused-ring (bicyclic) bond motifs is 1. The number of ether oxygens (including phenoxy) is 1. The van der Waals surface area contributed by atoms with Crippen molar-refractivity contribution in [2.45, 2.75) is 180 Å². The molecule has 8 atom stereocenters. The van der Waals surface area contributed by atoms with Crippen molar-refractivity contribution >= 4 is 69.1 Å². The molecule has 3 heterocycles. The smallest absolute Gasteiger partial charge is 0.386 e. The number of anilines is 1. The molecule has 28 heteroatoms. The van der Waals surface area contributed by atoms with Crippen LogP contribution in [0, 0.1) is 11.3 Å². The summed E-state index contributed by atoms with van der Waals surface area (Å²) in [6.07, 6.45) is 15.4. The highest BCUT2D eigenvalue weighted by Gasteiger charge is 2.50. The van der Waals surface area contributed by atoms with Crippen LogP contribution in [0.15, 0.2) is 12.7 Å². The molecule has 3 rings (SSSR count). The quantitative estimate of drug-likeness (QED) is 0.0261. The van der Waals surface area contributed by atoms with Gasteiger partial charge in [-0.15, -0.1) is 0 Å². The molecule has 408 valence electrons. The van der Waals surface area contributed by atoms with Gasteiger partial charge in [-0.2, -0.15) is 4.31 Å². The van der Waals surface area contributed by atoms with E-state index in [1.807, 2.05) is 0 Å². The van der Waals surface area contributed by atoms with Gasteiger partial charge in [0.1, 0.15) is 36.3 Å². The molecule has 8 unspecified atom stereocenters. The van der Waals surface area contributed by atoms with Gasteiger partial charge in [-0.3, -0.25) is 32.5 Å². The summed E-state index contributed by atoms with van der Waals surface area (Å²) in [4.78, 5) is 88.7. The van der Waals surface area contributed by atoms with Crippen molar-refractivity contribution in [2.24, 2.45) is 11.3 Å². The molecule has 24 nitrogen and oxygen atoms in total. The third-order valence-electron chi connectivity index (χ3n) is 11.9. The SMILES string of the molecule is CCCCCCCCCCCCCCCCC(C)CCCC(=O)SCCNC(=O)CCNC(=O)C(O)C(C)(C)COP(=O)(O)OP(=O)(O)OCC1OC(n2cnc3c(N)ncnc32)C(O)C1OP(=O)(O)O. The first-order valence-corrected chi connectivity index (χ1v) is 30.0. The fourth-order valence-electron chi connectivity index (χ4n) is 7.79. The number of aliphatic hydroxyl groups is 2. The number of unbranched alkanes of at least 4 members (excludes halogenated alkanes) is 13. The Morgan fingerprint density at radius 1 is 0.845 bits per heavy atom. The Balaban J connectivity index is 1.27. The van der Waals surface area contributed by atoms with Gasteiger partial charge in [-0.25, -0.2) is 28.6 Å². The normalized spacial score (nSPS) is 20.1. The largest absolute Gasteiger partial charge is 0.481 e. The summed E-state index contributed by atoms with van der Waals surface area (Å²) >= 11 is 1.16. The number of rotatable bonds is 38. The number of thioether (sulfide) groups is 1. The van der Waals surface area contributed by atoms with Gasteiger partial charge in [-0.05, 0) is 12.3 Å². The second-order valence-electron chi connectivity index (χ2n) is 18.7. The van der Waals surface area contributed by atoms with Gasteiger partial charge in [0.2, 0.25) is 11.8 Å². The maximum atomic E-state index is 12.8. The monoisotopic (exact) mass is 1090 g/mol. The summed E-state index contributed by atoms with van der Waals surface area (Å²) in [6, 6.07) is 0. The molecule has 2 amide bonds. The van der Waals surface area contributed by atoms with E-state index in [1.54, 1.807) is 0 Å². The minimum absolute atomic E-state index is 0.0341. The molecule has 1 fully saturated rings. The van der Waals surface area contributed by atoms with Crippen LogP contribution < -0.4 is 16.4 Å². The number of aromatic nitrogens is 4. The fourth-order valence-corrected chi connectivity index (χ4v) is 11.3. The van der Waals surface area contributed by atoms with Crippen molar-refractivity contribution < 1.29 is 80.5 Å². The lowest BCUT2D eigenvalue weighted by Crippen LogP contribution is -2.46. The Morgan fingerprint density at radius 3 is 2.06 bits per heavy atom. The van der Waals surface area contributed by atoms with Crippen LogP contribution in [0.1, 0.15) is 156 Å². The van der Waals surface area contributed by atoms with E-state index in [4.69, 9.17) is 19.5 Å². The van der Waals surface area contributed by atoms with E-state index in [9.17, 15) is 57.9 Å². The molecular formula is C43H78N7O17P3S. The number of nitrogen functional groups attached to an aromatic ring is 1. The first-order chi connectivity index (χ1) is 33.4. The molecule has 0 spiro atoms. The number of aliphatic hydroxyl groups excluding tert-OH is 2. The standard InChI is InChI=1S/C43H78N7O17P3S/c1-5-6-7-8-9-10-11-12-13-14-15-16-17-18-20-31(2)21-19-22-34(52)71-26-25-45-33(51)23-24-46-41(55)38(54)43(3,4)28-64-70(61,62)67-69(59,60)63-27-32-37(66-68(56,57)58)36(53)42(65-32)50-30-49-35-39(44)47-29-48-40(35)50/h29-32,36-38,42,53-54H,5-28H2,1-4H3,(H,45,51)(H,46,55)(H,59,60)(H,61,62)(H2,44,47,48)(H2,56,57,58). The van der Waals surface area contributed by atoms with Crippen LogP contribution in [-0.2, 0) is 50.7 Å². The van der Waals surface area contributed by atoms with E-state index in [2.05, 4.69) is 48.3 Å². The van der Waals surface area contributed by atoms with E-state index in [1.165, 1.54) is 110 Å². The summed E-state index contributed by atoms with van der Waals surface area (Å²) in [6.45, 7) is 5.08. The molecule has 0 radical (unpaired) electrons. The minimum Gasteiger partial charge on any atom is -0.386 e. The van der Waals surface area contributed by atoms with Crippen molar-refractivity contribution in [1.82, 2.24) is 30.2 Å². The van der Waals surface area contributed by atoms with Crippen molar-refractivity contribution in [1.29, 1.82) is 0 Å². The van der Waals surface area contributed by atoms with Crippen LogP contribution in [0.2, 0.25) is 0 Å². The Bertz CT molecular complexity index is 2080.